The van der Waals surface area contributed by atoms with Crippen molar-refractivity contribution >= 4 is 5.91 Å². The van der Waals surface area contributed by atoms with Crippen molar-refractivity contribution in [1.82, 2.24) is 14.5 Å². The van der Waals surface area contributed by atoms with Crippen LogP contribution < -0.4 is 0 Å². The van der Waals surface area contributed by atoms with Gasteiger partial charge in [0.1, 0.15) is 5.82 Å². The van der Waals surface area contributed by atoms with E-state index in [1.807, 2.05) is 0 Å². The fraction of sp³-hybridized carbons (Fsp3) is 0.375. The van der Waals surface area contributed by atoms with Gasteiger partial charge in [-0.15, -0.1) is 0 Å². The summed E-state index contributed by atoms with van der Waals surface area (Å²) in [5, 5.41) is 0. The molecule has 0 fully saturated rings. The normalized spacial score (nSPS) is 10.8. The van der Waals surface area contributed by atoms with E-state index in [0.29, 0.717) is 37.6 Å². The van der Waals surface area contributed by atoms with Gasteiger partial charge in [-0.1, -0.05) is 6.07 Å². The summed E-state index contributed by atoms with van der Waals surface area (Å²) in [6, 6.07) is 3.78. The van der Waals surface area contributed by atoms with E-state index in [1.54, 1.807) is 29.0 Å². The molecule has 0 unspecified atom stereocenters. The second kappa shape index (κ2) is 7.82. The molecule has 0 N–H and O–H groups in total. The molecule has 0 radical (unpaired) electrons. The SMILES string of the molecule is COCCN(Cc1nccn1Cc1ccc(F)c(F)c1)C(C)=O. The first-order valence-corrected chi connectivity index (χ1v) is 7.19. The highest BCUT2D eigenvalue weighted by Gasteiger charge is 2.13. The summed E-state index contributed by atoms with van der Waals surface area (Å²) in [7, 11) is 1.57. The number of carbonyl (C=O) groups excluding carboxylic acids is 1. The van der Waals surface area contributed by atoms with Crippen molar-refractivity contribution in [3.63, 3.8) is 0 Å². The van der Waals surface area contributed by atoms with Gasteiger partial charge in [0.2, 0.25) is 5.91 Å². The fourth-order valence-corrected chi connectivity index (χ4v) is 2.19. The molecule has 2 rings (SSSR count). The van der Waals surface area contributed by atoms with Crippen LogP contribution in [0.3, 0.4) is 0 Å². The molecule has 0 spiro atoms. The molecule has 1 amide bonds. The summed E-state index contributed by atoms with van der Waals surface area (Å²) in [6.07, 6.45) is 3.36. The molecule has 0 bridgehead atoms. The van der Waals surface area contributed by atoms with Gasteiger partial charge in [-0.05, 0) is 17.7 Å². The number of methoxy groups -OCH3 is 1. The van der Waals surface area contributed by atoms with E-state index < -0.39 is 11.6 Å². The van der Waals surface area contributed by atoms with Gasteiger partial charge in [0.25, 0.3) is 0 Å². The smallest absolute Gasteiger partial charge is 0.219 e. The molecule has 1 aromatic heterocycles. The van der Waals surface area contributed by atoms with Crippen molar-refractivity contribution in [3.05, 3.63) is 53.6 Å². The van der Waals surface area contributed by atoms with E-state index in [1.165, 1.54) is 13.0 Å². The standard InChI is InChI=1S/C16H19F2N3O2/c1-12(22)20(7-8-23-2)11-16-19-5-6-21(16)10-13-3-4-14(17)15(18)9-13/h3-6,9H,7-8,10-11H2,1-2H3. The average molecular weight is 323 g/mol. The van der Waals surface area contributed by atoms with Gasteiger partial charge in [0.05, 0.1) is 13.2 Å². The van der Waals surface area contributed by atoms with E-state index in [-0.39, 0.29) is 5.91 Å². The Hall–Kier alpha value is -2.28. The summed E-state index contributed by atoms with van der Waals surface area (Å²) in [5.41, 5.74) is 0.620. The van der Waals surface area contributed by atoms with Gasteiger partial charge in [0, 0.05) is 39.5 Å². The van der Waals surface area contributed by atoms with E-state index in [9.17, 15) is 13.6 Å². The predicted octanol–water partition coefficient (Wildman–Crippen LogP) is 2.20. The molecule has 0 aliphatic carbocycles. The minimum atomic E-state index is -0.880. The minimum absolute atomic E-state index is 0.0792. The summed E-state index contributed by atoms with van der Waals surface area (Å²) in [5.74, 6) is -1.16. The van der Waals surface area contributed by atoms with Gasteiger partial charge in [0.15, 0.2) is 11.6 Å². The van der Waals surface area contributed by atoms with E-state index in [0.717, 1.165) is 12.1 Å². The van der Waals surface area contributed by atoms with Crippen LogP contribution in [0.4, 0.5) is 8.78 Å². The van der Waals surface area contributed by atoms with Crippen molar-refractivity contribution in [2.45, 2.75) is 20.0 Å². The Morgan fingerprint density at radius 1 is 1.35 bits per heavy atom. The average Bonchev–Trinajstić information content (AvgIpc) is 2.94. The summed E-state index contributed by atoms with van der Waals surface area (Å²) in [4.78, 5) is 17.5. The highest BCUT2D eigenvalue weighted by molar-refractivity contribution is 5.73. The number of amides is 1. The number of benzene rings is 1. The van der Waals surface area contributed by atoms with Crippen LogP contribution in [0, 0.1) is 11.6 Å². The lowest BCUT2D eigenvalue weighted by Crippen LogP contribution is -2.32. The maximum atomic E-state index is 13.3. The van der Waals surface area contributed by atoms with Crippen LogP contribution in [-0.4, -0.2) is 40.6 Å². The molecule has 0 saturated carbocycles. The molecular formula is C16H19F2N3O2. The molecule has 0 saturated heterocycles. The molecule has 2 aromatic rings. The Bertz CT molecular complexity index is 673. The lowest BCUT2D eigenvalue weighted by atomic mass is 10.2. The third kappa shape index (κ3) is 4.59. The van der Waals surface area contributed by atoms with Crippen LogP contribution in [0.25, 0.3) is 0 Å². The molecule has 5 nitrogen and oxygen atoms in total. The van der Waals surface area contributed by atoms with E-state index >= 15 is 0 Å². The number of rotatable bonds is 7. The number of nitrogens with zero attached hydrogens (tertiary/aromatic N) is 3. The Morgan fingerprint density at radius 3 is 2.78 bits per heavy atom. The fourth-order valence-electron chi connectivity index (χ4n) is 2.19. The lowest BCUT2D eigenvalue weighted by molar-refractivity contribution is -0.130. The lowest BCUT2D eigenvalue weighted by Gasteiger charge is -2.21. The Labute approximate surface area is 133 Å². The molecule has 1 heterocycles. The number of carbonyl (C=O) groups is 1. The molecule has 124 valence electrons. The van der Waals surface area contributed by atoms with Crippen LogP contribution in [0.1, 0.15) is 18.3 Å². The molecule has 0 aliphatic rings. The second-order valence-corrected chi connectivity index (χ2v) is 5.15. The number of imidazole rings is 1. The third-order valence-electron chi connectivity index (χ3n) is 3.48. The highest BCUT2D eigenvalue weighted by Crippen LogP contribution is 2.12. The monoisotopic (exact) mass is 323 g/mol. The highest BCUT2D eigenvalue weighted by atomic mass is 19.2. The van der Waals surface area contributed by atoms with Gasteiger partial charge >= 0.3 is 0 Å². The third-order valence-corrected chi connectivity index (χ3v) is 3.48. The van der Waals surface area contributed by atoms with Crippen molar-refractivity contribution in [3.8, 4) is 0 Å². The molecule has 23 heavy (non-hydrogen) atoms. The number of hydrogen-bond donors (Lipinski definition) is 0. The van der Waals surface area contributed by atoms with Crippen LogP contribution in [-0.2, 0) is 22.6 Å². The number of aromatic nitrogens is 2. The zero-order valence-corrected chi connectivity index (χ0v) is 13.1. The summed E-state index contributed by atoms with van der Waals surface area (Å²) >= 11 is 0. The van der Waals surface area contributed by atoms with E-state index in [2.05, 4.69) is 4.98 Å². The van der Waals surface area contributed by atoms with Crippen LogP contribution in [0.15, 0.2) is 30.6 Å². The quantitative estimate of drug-likeness (QED) is 0.785. The Kier molecular flexibility index (Phi) is 5.81. The molecule has 0 atom stereocenters. The predicted molar refractivity (Wildman–Crippen MR) is 80.7 cm³/mol. The first-order valence-electron chi connectivity index (χ1n) is 7.19. The first kappa shape index (κ1) is 17.1. The summed E-state index contributed by atoms with van der Waals surface area (Å²) in [6.45, 7) is 3.06. The van der Waals surface area contributed by atoms with Gasteiger partial charge < -0.3 is 14.2 Å². The van der Waals surface area contributed by atoms with Gasteiger partial charge in [-0.25, -0.2) is 13.8 Å². The second-order valence-electron chi connectivity index (χ2n) is 5.15. The van der Waals surface area contributed by atoms with Crippen molar-refractivity contribution in [2.24, 2.45) is 0 Å². The maximum absolute atomic E-state index is 13.3. The van der Waals surface area contributed by atoms with Crippen LogP contribution in [0.5, 0.6) is 0 Å². The molecule has 1 aromatic carbocycles. The zero-order chi connectivity index (χ0) is 16.8. The van der Waals surface area contributed by atoms with Gasteiger partial charge in [-0.2, -0.15) is 0 Å². The molecular weight excluding hydrogens is 304 g/mol. The first-order chi connectivity index (χ1) is 11.0. The van der Waals surface area contributed by atoms with Crippen LogP contribution in [0.2, 0.25) is 0 Å². The van der Waals surface area contributed by atoms with Crippen LogP contribution >= 0.6 is 0 Å². The van der Waals surface area contributed by atoms with Gasteiger partial charge in [-0.3, -0.25) is 4.79 Å². The Balaban J connectivity index is 2.11. The number of halogens is 2. The number of hydrogen-bond acceptors (Lipinski definition) is 3. The Morgan fingerprint density at radius 2 is 2.13 bits per heavy atom. The molecule has 7 heteroatoms. The number of ether oxygens (including phenoxy) is 1. The molecule has 0 aliphatic heterocycles. The van der Waals surface area contributed by atoms with E-state index in [4.69, 9.17) is 4.74 Å². The van der Waals surface area contributed by atoms with Crippen molar-refractivity contribution in [1.29, 1.82) is 0 Å². The maximum Gasteiger partial charge on any atom is 0.219 e. The minimum Gasteiger partial charge on any atom is -0.383 e. The summed E-state index contributed by atoms with van der Waals surface area (Å²) < 4.78 is 33.1. The zero-order valence-electron chi connectivity index (χ0n) is 13.1. The largest absolute Gasteiger partial charge is 0.383 e. The van der Waals surface area contributed by atoms with Crippen molar-refractivity contribution < 1.29 is 18.3 Å². The van der Waals surface area contributed by atoms with Crippen molar-refractivity contribution in [2.75, 3.05) is 20.3 Å². The topological polar surface area (TPSA) is 47.4 Å².